The van der Waals surface area contributed by atoms with Gasteiger partial charge in [0, 0.05) is 0 Å². The number of nitrogens with zero attached hydrogens (tertiary/aromatic N) is 1. The van der Waals surface area contributed by atoms with Gasteiger partial charge in [0.1, 0.15) is 17.6 Å². The summed E-state index contributed by atoms with van der Waals surface area (Å²) in [6.45, 7) is 3.54. The van der Waals surface area contributed by atoms with Crippen LogP contribution in [0.1, 0.15) is 21.5 Å². The largest absolute Gasteiger partial charge is 0.508 e. The summed E-state index contributed by atoms with van der Waals surface area (Å²) >= 11 is 0. The maximum Gasteiger partial charge on any atom is 0.272 e. The van der Waals surface area contributed by atoms with Gasteiger partial charge in [0.15, 0.2) is 0 Å². The van der Waals surface area contributed by atoms with Gasteiger partial charge < -0.3 is 21.0 Å². The lowest BCUT2D eigenvalue weighted by atomic mass is 9.93. The molecule has 5 N–H and O–H groups in total. The summed E-state index contributed by atoms with van der Waals surface area (Å²) in [5, 5.41) is 10.0. The first-order valence-electron chi connectivity index (χ1n) is 6.85. The smallest absolute Gasteiger partial charge is 0.272 e. The van der Waals surface area contributed by atoms with Crippen LogP contribution in [-0.4, -0.2) is 15.4 Å². The van der Waals surface area contributed by atoms with Crippen molar-refractivity contribution in [1.29, 1.82) is 0 Å². The van der Waals surface area contributed by atoms with Gasteiger partial charge >= 0.3 is 0 Å². The van der Waals surface area contributed by atoms with Gasteiger partial charge in [-0.25, -0.2) is 4.40 Å². The van der Waals surface area contributed by atoms with E-state index in [4.69, 9.17) is 15.9 Å². The minimum atomic E-state index is -0.917. The van der Waals surface area contributed by atoms with Gasteiger partial charge in [-0.05, 0) is 36.6 Å². The van der Waals surface area contributed by atoms with Crippen molar-refractivity contribution in [2.75, 3.05) is 5.73 Å². The SMILES string of the molecule is Cc1ccc(O)c(C)c1-c1c(N)c(C(N)=O)c(=O)n2ccoc12. The predicted octanol–water partition coefficient (Wildman–Crippen LogP) is 1.56. The number of phenols is 1. The molecule has 1 amide bonds. The second-order valence-electron chi connectivity index (χ2n) is 5.31. The van der Waals surface area contributed by atoms with Gasteiger partial charge in [0.2, 0.25) is 5.71 Å². The van der Waals surface area contributed by atoms with E-state index in [1.54, 1.807) is 19.1 Å². The molecular formula is C16H15N3O4. The molecule has 23 heavy (non-hydrogen) atoms. The molecule has 7 nitrogen and oxygen atoms in total. The summed E-state index contributed by atoms with van der Waals surface area (Å²) in [6, 6.07) is 3.28. The molecule has 2 aromatic heterocycles. The molecule has 0 radical (unpaired) electrons. The van der Waals surface area contributed by atoms with Gasteiger partial charge in [0.05, 0.1) is 17.4 Å². The van der Waals surface area contributed by atoms with Crippen LogP contribution in [0, 0.1) is 13.8 Å². The number of pyridine rings is 1. The van der Waals surface area contributed by atoms with Crippen LogP contribution in [0.2, 0.25) is 0 Å². The Balaban J connectivity index is 2.58. The molecule has 0 saturated heterocycles. The number of nitrogen functional groups attached to an aromatic ring is 1. The molecule has 0 bridgehead atoms. The monoisotopic (exact) mass is 313 g/mol. The van der Waals surface area contributed by atoms with Crippen molar-refractivity contribution in [3.63, 3.8) is 0 Å². The third-order valence-electron chi connectivity index (χ3n) is 3.93. The number of benzene rings is 1. The highest BCUT2D eigenvalue weighted by Gasteiger charge is 2.25. The fraction of sp³-hybridized carbons (Fsp3) is 0.125. The van der Waals surface area contributed by atoms with Crippen LogP contribution in [0.4, 0.5) is 5.69 Å². The van der Waals surface area contributed by atoms with Gasteiger partial charge in [-0.1, -0.05) is 6.07 Å². The van der Waals surface area contributed by atoms with Crippen LogP contribution in [0.25, 0.3) is 16.8 Å². The van der Waals surface area contributed by atoms with E-state index < -0.39 is 11.5 Å². The second kappa shape index (κ2) is 4.91. The van der Waals surface area contributed by atoms with Crippen molar-refractivity contribution in [2.24, 2.45) is 5.73 Å². The van der Waals surface area contributed by atoms with E-state index in [0.29, 0.717) is 16.7 Å². The van der Waals surface area contributed by atoms with Gasteiger partial charge in [-0.2, -0.15) is 0 Å². The van der Waals surface area contributed by atoms with Crippen molar-refractivity contribution in [1.82, 2.24) is 4.40 Å². The summed E-state index contributed by atoms with van der Waals surface area (Å²) in [5.41, 5.74) is 12.9. The molecule has 0 unspecified atom stereocenters. The molecule has 1 aromatic carbocycles. The van der Waals surface area contributed by atoms with Crippen LogP contribution >= 0.6 is 0 Å². The zero-order valence-electron chi connectivity index (χ0n) is 12.6. The van der Waals surface area contributed by atoms with Crippen molar-refractivity contribution in [2.45, 2.75) is 13.8 Å². The number of phenolic OH excluding ortho intramolecular Hbond substituents is 1. The Morgan fingerprint density at radius 1 is 1.26 bits per heavy atom. The zero-order valence-corrected chi connectivity index (χ0v) is 12.6. The first-order valence-corrected chi connectivity index (χ1v) is 6.85. The Kier molecular flexibility index (Phi) is 3.14. The number of amides is 1. The van der Waals surface area contributed by atoms with Gasteiger partial charge in [-0.3, -0.25) is 9.59 Å². The molecule has 0 atom stereocenters. The number of anilines is 1. The maximum atomic E-state index is 12.3. The first kappa shape index (κ1) is 14.7. The van der Waals surface area contributed by atoms with Crippen LogP contribution in [0.15, 0.2) is 33.8 Å². The molecule has 2 heterocycles. The predicted molar refractivity (Wildman–Crippen MR) is 85.4 cm³/mol. The van der Waals surface area contributed by atoms with E-state index in [2.05, 4.69) is 0 Å². The Morgan fingerprint density at radius 3 is 2.61 bits per heavy atom. The Hall–Kier alpha value is -3.22. The fourth-order valence-electron chi connectivity index (χ4n) is 2.80. The molecular weight excluding hydrogens is 298 g/mol. The number of rotatable bonds is 2. The summed E-state index contributed by atoms with van der Waals surface area (Å²) < 4.78 is 6.57. The normalized spacial score (nSPS) is 11.0. The number of aryl methyl sites for hydroxylation is 1. The Bertz CT molecular complexity index is 1010. The van der Waals surface area contributed by atoms with Gasteiger partial charge in [0.25, 0.3) is 11.5 Å². The molecule has 3 aromatic rings. The lowest BCUT2D eigenvalue weighted by Gasteiger charge is -2.15. The van der Waals surface area contributed by atoms with E-state index in [0.717, 1.165) is 5.56 Å². The van der Waals surface area contributed by atoms with E-state index in [1.807, 2.05) is 6.92 Å². The molecule has 0 saturated carbocycles. The van der Waals surface area contributed by atoms with E-state index in [1.165, 1.54) is 16.9 Å². The van der Waals surface area contributed by atoms with Crippen LogP contribution in [-0.2, 0) is 0 Å². The number of fused-ring (bicyclic) bond motifs is 1. The van der Waals surface area contributed by atoms with Gasteiger partial charge in [-0.15, -0.1) is 0 Å². The number of carbonyl (C=O) groups is 1. The van der Waals surface area contributed by atoms with E-state index >= 15 is 0 Å². The Morgan fingerprint density at radius 2 is 1.96 bits per heavy atom. The average molecular weight is 313 g/mol. The number of aromatic nitrogens is 1. The average Bonchev–Trinajstić information content (AvgIpc) is 2.96. The highest BCUT2D eigenvalue weighted by molar-refractivity contribution is 6.04. The zero-order chi connectivity index (χ0) is 16.9. The first-order chi connectivity index (χ1) is 10.8. The number of nitrogens with two attached hydrogens (primary N) is 2. The molecule has 7 heteroatoms. The van der Waals surface area contributed by atoms with Crippen LogP contribution in [0.3, 0.4) is 0 Å². The molecule has 0 aliphatic rings. The van der Waals surface area contributed by atoms with Crippen molar-refractivity contribution in [3.05, 3.63) is 51.6 Å². The minimum absolute atomic E-state index is 0.0609. The summed E-state index contributed by atoms with van der Waals surface area (Å²) in [5.74, 6) is -0.846. The summed E-state index contributed by atoms with van der Waals surface area (Å²) in [7, 11) is 0. The lowest BCUT2D eigenvalue weighted by Crippen LogP contribution is -2.28. The number of aromatic hydroxyl groups is 1. The standard InChI is InChI=1S/C16H15N3O4/c1-7-3-4-9(20)8(2)10(7)11-13(17)12(14(18)21)15(22)19-5-6-23-16(11)19/h3-6,20H,17H2,1-2H3,(H2,18,21). The third kappa shape index (κ3) is 1.97. The quantitative estimate of drug-likeness (QED) is 0.662. The van der Waals surface area contributed by atoms with Crippen molar-refractivity contribution in [3.8, 4) is 16.9 Å². The number of hydrogen-bond acceptors (Lipinski definition) is 5. The summed E-state index contributed by atoms with van der Waals surface area (Å²) in [6.07, 6.45) is 2.71. The highest BCUT2D eigenvalue weighted by atomic mass is 16.3. The van der Waals surface area contributed by atoms with Crippen molar-refractivity contribution < 1.29 is 14.3 Å². The second-order valence-corrected chi connectivity index (χ2v) is 5.31. The Labute approximate surface area is 130 Å². The topological polar surface area (TPSA) is 124 Å². The molecule has 0 aliphatic heterocycles. The van der Waals surface area contributed by atoms with Crippen LogP contribution in [0.5, 0.6) is 5.75 Å². The molecule has 0 aliphatic carbocycles. The molecule has 0 spiro atoms. The molecule has 3 rings (SSSR count). The number of hydrogen-bond donors (Lipinski definition) is 3. The van der Waals surface area contributed by atoms with E-state index in [-0.39, 0.29) is 22.7 Å². The molecule has 118 valence electrons. The van der Waals surface area contributed by atoms with E-state index in [9.17, 15) is 14.7 Å². The minimum Gasteiger partial charge on any atom is -0.508 e. The van der Waals surface area contributed by atoms with Crippen molar-refractivity contribution >= 4 is 17.3 Å². The maximum absolute atomic E-state index is 12.3. The number of primary amides is 1. The lowest BCUT2D eigenvalue weighted by molar-refractivity contribution is 0.0999. The van der Waals surface area contributed by atoms with Crippen LogP contribution < -0.4 is 17.0 Å². The fourth-order valence-corrected chi connectivity index (χ4v) is 2.80. The highest BCUT2D eigenvalue weighted by Crippen LogP contribution is 2.38. The summed E-state index contributed by atoms with van der Waals surface area (Å²) in [4.78, 5) is 24.0. The third-order valence-corrected chi connectivity index (χ3v) is 3.93. The number of carbonyl (C=O) groups excluding carboxylic acids is 1. The number of oxazole rings is 1. The molecule has 0 fully saturated rings.